The van der Waals surface area contributed by atoms with Crippen LogP contribution >= 0.6 is 0 Å². The molecule has 1 aliphatic heterocycles. The molecule has 1 fully saturated rings. The van der Waals surface area contributed by atoms with Gasteiger partial charge in [-0.05, 0) is 0 Å². The van der Waals surface area contributed by atoms with E-state index in [4.69, 9.17) is 0 Å². The van der Waals surface area contributed by atoms with Gasteiger partial charge < -0.3 is 0 Å². The summed E-state index contributed by atoms with van der Waals surface area (Å²) in [7, 11) is -1.87. The molecule has 40 heavy (non-hydrogen) atoms. The standard InChI is InChI=1S/C36H34Si.2CH3.Hf/c1-5-18-37(4,31-21-29-14-8-16-33(35(29)23-31)27-12-6-10-25(2)19-27)32-22-30-15-9-17-34(36(30)24-32)28-13-7-11-26(3)20-28;;;/h6-17,19-24H,5,18H2,1-4H3;2*1H3;. The van der Waals surface area contributed by atoms with E-state index in [-0.39, 0.29) is 0 Å². The van der Waals surface area contributed by atoms with Crippen LogP contribution in [0.15, 0.2) is 95.3 Å². The number of allylic oxidation sites excluding steroid dienone is 2. The molecule has 200 valence electrons. The summed E-state index contributed by atoms with van der Waals surface area (Å²) in [6.07, 6.45) is 6.71. The second-order valence-corrected chi connectivity index (χ2v) is 34.9. The first-order valence-electron chi connectivity index (χ1n) is 15.1. The second kappa shape index (κ2) is 9.50. The summed E-state index contributed by atoms with van der Waals surface area (Å²) in [4.78, 5) is 0. The molecule has 4 aromatic carbocycles. The first kappa shape index (κ1) is 26.4. The zero-order valence-electron chi connectivity index (χ0n) is 24.8. The Morgan fingerprint density at radius 1 is 0.650 bits per heavy atom. The normalized spacial score (nSPS) is 23.6. The molecule has 1 heterocycles. The van der Waals surface area contributed by atoms with Gasteiger partial charge in [0.25, 0.3) is 0 Å². The minimum atomic E-state index is -3.00. The van der Waals surface area contributed by atoms with Gasteiger partial charge in [0, 0.05) is 0 Å². The number of fused-ring (bicyclic) bond motifs is 6. The predicted octanol–water partition coefficient (Wildman–Crippen LogP) is 11.0. The van der Waals surface area contributed by atoms with Crippen LogP contribution in [-0.2, 0) is 20.0 Å². The van der Waals surface area contributed by atoms with Crippen LogP contribution < -0.4 is 0 Å². The summed E-state index contributed by atoms with van der Waals surface area (Å²) in [5.74, 6) is 0. The van der Waals surface area contributed by atoms with Crippen LogP contribution in [0.5, 0.6) is 0 Å². The van der Waals surface area contributed by atoms with Crippen molar-refractivity contribution in [3.05, 3.63) is 129 Å². The van der Waals surface area contributed by atoms with E-state index in [0.29, 0.717) is 7.35 Å². The van der Waals surface area contributed by atoms with Gasteiger partial charge in [-0.15, -0.1) is 0 Å². The molecule has 0 N–H and O–H groups in total. The van der Waals surface area contributed by atoms with Gasteiger partial charge in [-0.25, -0.2) is 0 Å². The van der Waals surface area contributed by atoms with Gasteiger partial charge >= 0.3 is 248 Å². The molecule has 2 aliphatic carbocycles. The molecule has 0 spiro atoms. The van der Waals surface area contributed by atoms with E-state index < -0.39 is 28.0 Å². The van der Waals surface area contributed by atoms with Gasteiger partial charge in [-0.1, -0.05) is 0 Å². The summed E-state index contributed by atoms with van der Waals surface area (Å²) < 4.78 is 6.94. The van der Waals surface area contributed by atoms with Crippen LogP contribution in [0.2, 0.25) is 22.0 Å². The van der Waals surface area contributed by atoms with Crippen molar-refractivity contribution in [2.75, 3.05) is 0 Å². The van der Waals surface area contributed by atoms with E-state index in [2.05, 4.69) is 134 Å². The quantitative estimate of drug-likeness (QED) is 0.186. The van der Waals surface area contributed by atoms with E-state index in [1.165, 1.54) is 57.0 Å². The Bertz CT molecular complexity index is 1620. The fraction of sp³-hybridized carbons (Fsp3) is 0.263. The van der Waals surface area contributed by atoms with Crippen molar-refractivity contribution in [3.8, 4) is 22.3 Å². The molecule has 0 amide bonds. The van der Waals surface area contributed by atoms with Crippen molar-refractivity contribution in [2.24, 2.45) is 0 Å². The minimum absolute atomic E-state index is 0.686. The molecule has 3 aliphatic rings. The Morgan fingerprint density at radius 3 is 1.52 bits per heavy atom. The Hall–Kier alpha value is -2.55. The number of hydrogen-bond acceptors (Lipinski definition) is 0. The zero-order chi connectivity index (χ0) is 27.8. The van der Waals surface area contributed by atoms with Gasteiger partial charge in [-0.3, -0.25) is 0 Å². The molecular weight excluding hydrogens is 663 g/mol. The molecule has 2 atom stereocenters. The summed E-state index contributed by atoms with van der Waals surface area (Å²) in [6, 6.07) is 34.0. The SMILES string of the molecule is CCC[Si]1(C)C2=Cc3c(-c4cccc(C)c4)cccc3[CH]2[Hf]([CH3])([CH3])[CH]2C1=Cc1c(-c3cccc(C)c3)cccc12. The van der Waals surface area contributed by atoms with E-state index in [0.717, 1.165) is 0 Å². The van der Waals surface area contributed by atoms with Gasteiger partial charge in [0.1, 0.15) is 0 Å². The summed E-state index contributed by atoms with van der Waals surface area (Å²) >= 11 is -3.00. The molecule has 0 nitrogen and oxygen atoms in total. The number of hydrogen-bond donors (Lipinski definition) is 0. The topological polar surface area (TPSA) is 0 Å². The van der Waals surface area contributed by atoms with Crippen LogP contribution in [0.3, 0.4) is 0 Å². The van der Waals surface area contributed by atoms with Gasteiger partial charge in [0.15, 0.2) is 0 Å². The van der Waals surface area contributed by atoms with E-state index in [1.807, 2.05) is 10.4 Å². The fourth-order valence-electron chi connectivity index (χ4n) is 8.61. The number of aryl methyl sites for hydroxylation is 2. The third-order valence-corrected chi connectivity index (χ3v) is 32.4. The summed E-state index contributed by atoms with van der Waals surface area (Å²) in [5, 5.41) is 3.73. The van der Waals surface area contributed by atoms with E-state index >= 15 is 0 Å². The van der Waals surface area contributed by atoms with Crippen LogP contribution in [0.4, 0.5) is 0 Å². The van der Waals surface area contributed by atoms with Crippen molar-refractivity contribution in [3.63, 3.8) is 0 Å². The molecule has 0 aromatic heterocycles. The molecule has 2 unspecified atom stereocenters. The van der Waals surface area contributed by atoms with Gasteiger partial charge in [0.05, 0.1) is 0 Å². The first-order chi connectivity index (χ1) is 19.2. The number of rotatable bonds is 4. The molecule has 0 saturated carbocycles. The molecule has 2 heteroatoms. The summed E-state index contributed by atoms with van der Waals surface area (Å²) in [6.45, 7) is 9.57. The Kier molecular flexibility index (Phi) is 6.26. The first-order valence-corrected chi connectivity index (χ1v) is 29.1. The Labute approximate surface area is 246 Å². The average molecular weight is 703 g/mol. The average Bonchev–Trinajstić information content (AvgIpc) is 3.54. The van der Waals surface area contributed by atoms with E-state index in [1.54, 1.807) is 11.1 Å². The maximum absolute atomic E-state index is 3.00. The van der Waals surface area contributed by atoms with Crippen LogP contribution in [0.1, 0.15) is 54.1 Å². The van der Waals surface area contributed by atoms with Crippen LogP contribution in [-0.4, -0.2) is 8.07 Å². The summed E-state index contributed by atoms with van der Waals surface area (Å²) in [5.41, 5.74) is 14.6. The van der Waals surface area contributed by atoms with Crippen molar-refractivity contribution < 1.29 is 20.0 Å². The van der Waals surface area contributed by atoms with Crippen molar-refractivity contribution in [1.29, 1.82) is 0 Å². The Balaban J connectivity index is 1.46. The van der Waals surface area contributed by atoms with Crippen molar-refractivity contribution in [1.82, 2.24) is 0 Å². The monoisotopic (exact) mass is 704 g/mol. The van der Waals surface area contributed by atoms with E-state index in [9.17, 15) is 0 Å². The van der Waals surface area contributed by atoms with Gasteiger partial charge in [0.2, 0.25) is 0 Å². The zero-order valence-corrected chi connectivity index (χ0v) is 29.4. The maximum atomic E-state index is 2.78. The van der Waals surface area contributed by atoms with Crippen molar-refractivity contribution >= 4 is 20.2 Å². The molecule has 4 aromatic rings. The molecular formula is C38H40HfSi. The third-order valence-electron chi connectivity index (χ3n) is 10.3. The van der Waals surface area contributed by atoms with Crippen molar-refractivity contribution in [2.45, 2.75) is 56.5 Å². The van der Waals surface area contributed by atoms with Crippen LogP contribution in [0.25, 0.3) is 34.4 Å². The molecule has 0 radical (unpaired) electrons. The molecule has 1 saturated heterocycles. The molecule has 7 rings (SSSR count). The Morgan fingerprint density at radius 2 is 1.10 bits per heavy atom. The van der Waals surface area contributed by atoms with Gasteiger partial charge in [-0.2, -0.15) is 0 Å². The second-order valence-electron chi connectivity index (χ2n) is 13.3. The third kappa shape index (κ3) is 3.78. The van der Waals surface area contributed by atoms with Crippen LogP contribution in [0, 0.1) is 13.8 Å². The molecule has 0 bridgehead atoms. The fourth-order valence-corrected chi connectivity index (χ4v) is 41.1. The predicted molar refractivity (Wildman–Crippen MR) is 173 cm³/mol. The number of benzene rings is 4.